The number of hydrogen-bond donors (Lipinski definition) is 1. The van der Waals surface area contributed by atoms with Crippen LogP contribution < -0.4 is 14.9 Å². The first-order chi connectivity index (χ1) is 13.7. The Kier molecular flexibility index (Phi) is 4.02. The third kappa shape index (κ3) is 2.80. The molecule has 2 atom stereocenters. The van der Waals surface area contributed by atoms with Crippen molar-refractivity contribution in [2.75, 3.05) is 7.11 Å². The molecule has 5 rings (SSSR count). The third-order valence-electron chi connectivity index (χ3n) is 5.12. The number of hydrazine groups is 1. The zero-order valence-electron chi connectivity index (χ0n) is 15.3. The maximum atomic E-state index is 13.9. The molecule has 1 N–H and O–H groups in total. The number of para-hydroxylation sites is 1. The topological polar surface area (TPSA) is 33.7 Å². The van der Waals surface area contributed by atoms with Gasteiger partial charge in [0.2, 0.25) is 0 Å². The van der Waals surface area contributed by atoms with Gasteiger partial charge in [-0.15, -0.1) is 0 Å². The zero-order valence-corrected chi connectivity index (χ0v) is 15.3. The van der Waals surface area contributed by atoms with Crippen LogP contribution in [0.5, 0.6) is 11.5 Å². The monoisotopic (exact) mass is 374 g/mol. The van der Waals surface area contributed by atoms with Gasteiger partial charge in [0.1, 0.15) is 17.3 Å². The molecule has 0 saturated carbocycles. The molecular formula is C23H19FN2O2. The highest BCUT2D eigenvalue weighted by Crippen LogP contribution is 2.45. The first-order valence-electron chi connectivity index (χ1n) is 9.15. The van der Waals surface area contributed by atoms with Crippen molar-refractivity contribution >= 4 is 5.70 Å². The third-order valence-corrected chi connectivity index (χ3v) is 5.12. The second kappa shape index (κ2) is 6.69. The summed E-state index contributed by atoms with van der Waals surface area (Å²) in [7, 11) is 1.66. The summed E-state index contributed by atoms with van der Waals surface area (Å²) in [6.45, 7) is 0. The SMILES string of the molecule is COc1cccc(C2=C[C@@H]3c4ccccc4O[C@@H](c4cccc(F)c4)N3N2)c1. The highest BCUT2D eigenvalue weighted by Gasteiger charge is 2.40. The van der Waals surface area contributed by atoms with Gasteiger partial charge in [0.15, 0.2) is 6.23 Å². The molecule has 4 nitrogen and oxygen atoms in total. The highest BCUT2D eigenvalue weighted by atomic mass is 19.1. The standard InChI is InChI=1S/C23H19FN2O2/c1-27-18-9-5-6-15(13-18)20-14-21-19-10-2-3-11-22(19)28-23(26(21)25-20)16-7-4-8-17(24)12-16/h2-14,21,23,25H,1H3/t21-,23+/m1/s1. The minimum atomic E-state index is -0.449. The van der Waals surface area contributed by atoms with Gasteiger partial charge >= 0.3 is 0 Å². The molecule has 140 valence electrons. The molecule has 0 bridgehead atoms. The number of nitrogens with zero attached hydrogens (tertiary/aromatic N) is 1. The predicted molar refractivity (Wildman–Crippen MR) is 105 cm³/mol. The Morgan fingerprint density at radius 3 is 2.71 bits per heavy atom. The van der Waals surface area contributed by atoms with Crippen LogP contribution in [-0.2, 0) is 0 Å². The Hall–Kier alpha value is -3.31. The van der Waals surface area contributed by atoms with Gasteiger partial charge in [0.05, 0.1) is 18.8 Å². The molecule has 28 heavy (non-hydrogen) atoms. The molecule has 0 saturated heterocycles. The molecule has 5 heteroatoms. The lowest BCUT2D eigenvalue weighted by Crippen LogP contribution is -2.43. The average Bonchev–Trinajstić information content (AvgIpc) is 3.19. The molecule has 0 spiro atoms. The maximum absolute atomic E-state index is 13.9. The summed E-state index contributed by atoms with van der Waals surface area (Å²) in [5.74, 6) is 1.32. The van der Waals surface area contributed by atoms with Crippen molar-refractivity contribution in [2.24, 2.45) is 0 Å². The van der Waals surface area contributed by atoms with Crippen LogP contribution in [0.4, 0.5) is 4.39 Å². The quantitative estimate of drug-likeness (QED) is 0.712. The Labute approximate surface area is 162 Å². The summed E-state index contributed by atoms with van der Waals surface area (Å²) in [6.07, 6.45) is 1.72. The number of hydrogen-bond acceptors (Lipinski definition) is 4. The van der Waals surface area contributed by atoms with Crippen molar-refractivity contribution < 1.29 is 13.9 Å². The highest BCUT2D eigenvalue weighted by molar-refractivity contribution is 5.68. The van der Waals surface area contributed by atoms with Gasteiger partial charge in [-0.3, -0.25) is 0 Å². The number of nitrogens with one attached hydrogen (secondary N) is 1. The van der Waals surface area contributed by atoms with Gasteiger partial charge in [-0.05, 0) is 36.4 Å². The number of ether oxygens (including phenoxy) is 2. The van der Waals surface area contributed by atoms with E-state index in [2.05, 4.69) is 17.6 Å². The van der Waals surface area contributed by atoms with Crippen molar-refractivity contribution in [1.82, 2.24) is 10.4 Å². The average molecular weight is 374 g/mol. The van der Waals surface area contributed by atoms with Crippen LogP contribution in [0.2, 0.25) is 0 Å². The number of methoxy groups -OCH3 is 1. The molecule has 0 aliphatic carbocycles. The zero-order chi connectivity index (χ0) is 19.1. The van der Waals surface area contributed by atoms with E-state index in [1.807, 2.05) is 53.5 Å². The van der Waals surface area contributed by atoms with E-state index in [-0.39, 0.29) is 11.9 Å². The smallest absolute Gasteiger partial charge is 0.196 e. The number of halogens is 1. The van der Waals surface area contributed by atoms with Crippen molar-refractivity contribution in [3.8, 4) is 11.5 Å². The van der Waals surface area contributed by atoms with E-state index in [9.17, 15) is 4.39 Å². The Morgan fingerprint density at radius 2 is 1.86 bits per heavy atom. The lowest BCUT2D eigenvalue weighted by Gasteiger charge is -2.38. The molecule has 0 unspecified atom stereocenters. The fraction of sp³-hybridized carbons (Fsp3) is 0.130. The minimum absolute atomic E-state index is 0.0283. The Balaban J connectivity index is 1.58. The van der Waals surface area contributed by atoms with E-state index in [4.69, 9.17) is 9.47 Å². The molecule has 0 aromatic heterocycles. The normalized spacial score (nSPS) is 20.4. The first kappa shape index (κ1) is 16.8. The van der Waals surface area contributed by atoms with Gasteiger partial charge in [0.25, 0.3) is 0 Å². The lowest BCUT2D eigenvalue weighted by molar-refractivity contribution is -0.0328. The number of fused-ring (bicyclic) bond motifs is 3. The Bertz CT molecular complexity index is 1070. The van der Waals surface area contributed by atoms with E-state index in [1.54, 1.807) is 13.2 Å². The summed E-state index contributed by atoms with van der Waals surface area (Å²) in [6, 6.07) is 22.4. The summed E-state index contributed by atoms with van der Waals surface area (Å²) < 4.78 is 25.5. The summed E-state index contributed by atoms with van der Waals surface area (Å²) in [5.41, 5.74) is 7.27. The van der Waals surface area contributed by atoms with Gasteiger partial charge in [-0.25, -0.2) is 4.39 Å². The van der Waals surface area contributed by atoms with Crippen LogP contribution in [0.3, 0.4) is 0 Å². The molecule has 2 aliphatic rings. The molecule has 0 fully saturated rings. The van der Waals surface area contributed by atoms with Crippen LogP contribution in [0.25, 0.3) is 5.70 Å². The Morgan fingerprint density at radius 1 is 1.00 bits per heavy atom. The van der Waals surface area contributed by atoms with Crippen LogP contribution >= 0.6 is 0 Å². The second-order valence-electron chi connectivity index (χ2n) is 6.84. The number of rotatable bonds is 3. The number of benzene rings is 3. The van der Waals surface area contributed by atoms with E-state index in [0.717, 1.165) is 33.9 Å². The van der Waals surface area contributed by atoms with Crippen LogP contribution in [-0.4, -0.2) is 12.1 Å². The van der Waals surface area contributed by atoms with Crippen molar-refractivity contribution in [1.29, 1.82) is 0 Å². The fourth-order valence-corrected chi connectivity index (χ4v) is 3.78. The van der Waals surface area contributed by atoms with Crippen LogP contribution in [0.15, 0.2) is 78.9 Å². The van der Waals surface area contributed by atoms with Gasteiger partial charge < -0.3 is 14.9 Å². The first-order valence-corrected chi connectivity index (χ1v) is 9.15. The molecule has 0 radical (unpaired) electrons. The van der Waals surface area contributed by atoms with E-state index < -0.39 is 6.23 Å². The molecule has 2 aliphatic heterocycles. The van der Waals surface area contributed by atoms with Crippen LogP contribution in [0, 0.1) is 5.82 Å². The molecular weight excluding hydrogens is 355 g/mol. The van der Waals surface area contributed by atoms with Crippen molar-refractivity contribution in [3.63, 3.8) is 0 Å². The van der Waals surface area contributed by atoms with Gasteiger partial charge in [-0.2, -0.15) is 5.01 Å². The van der Waals surface area contributed by atoms with E-state index in [1.165, 1.54) is 12.1 Å². The summed E-state index contributed by atoms with van der Waals surface area (Å²) >= 11 is 0. The van der Waals surface area contributed by atoms with E-state index in [0.29, 0.717) is 0 Å². The van der Waals surface area contributed by atoms with Crippen LogP contribution in [0.1, 0.15) is 29.0 Å². The maximum Gasteiger partial charge on any atom is 0.196 e. The predicted octanol–water partition coefficient (Wildman–Crippen LogP) is 4.83. The van der Waals surface area contributed by atoms with Gasteiger partial charge in [-0.1, -0.05) is 42.5 Å². The molecule has 2 heterocycles. The molecule has 3 aromatic carbocycles. The van der Waals surface area contributed by atoms with Gasteiger partial charge in [0, 0.05) is 16.7 Å². The summed E-state index contributed by atoms with van der Waals surface area (Å²) in [5, 5.41) is 2.02. The minimum Gasteiger partial charge on any atom is -0.497 e. The largest absolute Gasteiger partial charge is 0.497 e. The summed E-state index contributed by atoms with van der Waals surface area (Å²) in [4.78, 5) is 0. The molecule has 0 amide bonds. The van der Waals surface area contributed by atoms with E-state index >= 15 is 0 Å². The second-order valence-corrected chi connectivity index (χ2v) is 6.84. The lowest BCUT2D eigenvalue weighted by atomic mass is 10.0. The van der Waals surface area contributed by atoms with Crippen molar-refractivity contribution in [3.05, 3.63) is 101 Å². The molecule has 3 aromatic rings. The fourth-order valence-electron chi connectivity index (χ4n) is 3.78. The van der Waals surface area contributed by atoms with Crippen molar-refractivity contribution in [2.45, 2.75) is 12.3 Å².